The number of rotatable bonds is 3. The van der Waals surface area contributed by atoms with Gasteiger partial charge in [0.2, 0.25) is 0 Å². The molecule has 0 spiro atoms. The zero-order valence-corrected chi connectivity index (χ0v) is 10.8. The van der Waals surface area contributed by atoms with Gasteiger partial charge < -0.3 is 9.47 Å². The SMILES string of the molecule is COc1cccc(-c2ccc(Cl)c(OC)c2F)c1. The second-order valence-corrected chi connectivity index (χ2v) is 4.08. The van der Waals surface area contributed by atoms with Crippen LogP contribution in [0.5, 0.6) is 11.5 Å². The Balaban J connectivity index is 2.57. The molecule has 94 valence electrons. The summed E-state index contributed by atoms with van der Waals surface area (Å²) >= 11 is 5.86. The van der Waals surface area contributed by atoms with Crippen LogP contribution < -0.4 is 9.47 Å². The van der Waals surface area contributed by atoms with Crippen LogP contribution in [0.2, 0.25) is 5.02 Å². The molecule has 2 nitrogen and oxygen atoms in total. The van der Waals surface area contributed by atoms with Gasteiger partial charge in [0.05, 0.1) is 19.2 Å². The minimum Gasteiger partial charge on any atom is -0.497 e. The summed E-state index contributed by atoms with van der Waals surface area (Å²) in [6.45, 7) is 0. The average molecular weight is 267 g/mol. The summed E-state index contributed by atoms with van der Waals surface area (Å²) < 4.78 is 24.3. The lowest BCUT2D eigenvalue weighted by Gasteiger charge is -2.10. The Morgan fingerprint density at radius 1 is 1.06 bits per heavy atom. The molecule has 0 N–H and O–H groups in total. The van der Waals surface area contributed by atoms with Crippen molar-refractivity contribution in [3.63, 3.8) is 0 Å². The highest BCUT2D eigenvalue weighted by molar-refractivity contribution is 6.32. The molecule has 0 heterocycles. The lowest BCUT2D eigenvalue weighted by atomic mass is 10.0. The standard InChI is InChI=1S/C14H12ClFO2/c1-17-10-5-3-4-9(8-10)11-6-7-12(15)14(18-2)13(11)16/h3-8H,1-2H3. The largest absolute Gasteiger partial charge is 0.497 e. The molecular weight excluding hydrogens is 255 g/mol. The summed E-state index contributed by atoms with van der Waals surface area (Å²) in [7, 11) is 2.96. The molecule has 0 bridgehead atoms. The molecule has 18 heavy (non-hydrogen) atoms. The zero-order chi connectivity index (χ0) is 13.1. The van der Waals surface area contributed by atoms with Crippen LogP contribution in [0, 0.1) is 5.82 Å². The van der Waals surface area contributed by atoms with Crippen molar-refractivity contribution in [3.05, 3.63) is 47.2 Å². The number of ether oxygens (including phenoxy) is 2. The van der Waals surface area contributed by atoms with Crippen LogP contribution in [-0.2, 0) is 0 Å². The fourth-order valence-corrected chi connectivity index (χ4v) is 1.96. The number of hydrogen-bond acceptors (Lipinski definition) is 2. The average Bonchev–Trinajstić information content (AvgIpc) is 2.39. The Labute approximate surface area is 110 Å². The first-order valence-corrected chi connectivity index (χ1v) is 5.71. The minimum atomic E-state index is -0.474. The van der Waals surface area contributed by atoms with Gasteiger partial charge in [-0.3, -0.25) is 0 Å². The van der Waals surface area contributed by atoms with Crippen molar-refractivity contribution in [2.45, 2.75) is 0 Å². The van der Waals surface area contributed by atoms with Crippen LogP contribution in [0.4, 0.5) is 4.39 Å². The van der Waals surface area contributed by atoms with Crippen molar-refractivity contribution >= 4 is 11.6 Å². The summed E-state index contributed by atoms with van der Waals surface area (Å²) in [5.41, 5.74) is 1.14. The molecule has 4 heteroatoms. The summed E-state index contributed by atoms with van der Waals surface area (Å²) in [5.74, 6) is 0.246. The van der Waals surface area contributed by atoms with E-state index in [-0.39, 0.29) is 10.8 Å². The smallest absolute Gasteiger partial charge is 0.174 e. The van der Waals surface area contributed by atoms with E-state index in [9.17, 15) is 4.39 Å². The van der Waals surface area contributed by atoms with Crippen molar-refractivity contribution in [1.82, 2.24) is 0 Å². The normalized spacial score (nSPS) is 10.2. The summed E-state index contributed by atoms with van der Waals surface area (Å²) in [5, 5.41) is 0.252. The van der Waals surface area contributed by atoms with Gasteiger partial charge >= 0.3 is 0 Å². The molecule has 0 saturated carbocycles. The first-order valence-electron chi connectivity index (χ1n) is 5.33. The lowest BCUT2D eigenvalue weighted by molar-refractivity contribution is 0.387. The van der Waals surface area contributed by atoms with E-state index in [0.717, 1.165) is 0 Å². The van der Waals surface area contributed by atoms with Crippen LogP contribution >= 0.6 is 11.6 Å². The molecule has 2 aromatic carbocycles. The number of halogens is 2. The van der Waals surface area contributed by atoms with Crippen molar-refractivity contribution in [3.8, 4) is 22.6 Å². The summed E-state index contributed by atoms with van der Waals surface area (Å²) in [6, 6.07) is 10.4. The second-order valence-electron chi connectivity index (χ2n) is 3.67. The quantitative estimate of drug-likeness (QED) is 0.830. The fourth-order valence-electron chi connectivity index (χ4n) is 1.73. The van der Waals surface area contributed by atoms with Crippen molar-refractivity contribution in [1.29, 1.82) is 0 Å². The molecule has 0 aliphatic carbocycles. The predicted octanol–water partition coefficient (Wildman–Crippen LogP) is 4.16. The van der Waals surface area contributed by atoms with Gasteiger partial charge in [-0.2, -0.15) is 0 Å². The summed E-state index contributed by atoms with van der Waals surface area (Å²) in [6.07, 6.45) is 0. The second kappa shape index (κ2) is 5.27. The van der Waals surface area contributed by atoms with Crippen molar-refractivity contribution < 1.29 is 13.9 Å². The molecule has 0 aromatic heterocycles. The molecule has 0 saturated heterocycles. The third kappa shape index (κ3) is 2.27. The minimum absolute atomic E-state index is 0.0528. The lowest BCUT2D eigenvalue weighted by Crippen LogP contribution is -1.93. The molecule has 2 aromatic rings. The summed E-state index contributed by atoms with van der Waals surface area (Å²) in [4.78, 5) is 0. The Hall–Kier alpha value is -1.74. The number of benzene rings is 2. The highest BCUT2D eigenvalue weighted by Gasteiger charge is 2.14. The van der Waals surface area contributed by atoms with E-state index < -0.39 is 5.82 Å². The van der Waals surface area contributed by atoms with Crippen LogP contribution in [-0.4, -0.2) is 14.2 Å². The first kappa shape index (κ1) is 12.7. The molecule has 0 fully saturated rings. The van der Waals surface area contributed by atoms with Gasteiger partial charge in [0.15, 0.2) is 11.6 Å². The van der Waals surface area contributed by atoms with Gasteiger partial charge in [0.25, 0.3) is 0 Å². The van der Waals surface area contributed by atoms with Gasteiger partial charge in [-0.1, -0.05) is 23.7 Å². The molecule has 2 rings (SSSR count). The van der Waals surface area contributed by atoms with E-state index in [2.05, 4.69) is 0 Å². The van der Waals surface area contributed by atoms with E-state index in [1.165, 1.54) is 7.11 Å². The zero-order valence-electron chi connectivity index (χ0n) is 10.0. The number of hydrogen-bond donors (Lipinski definition) is 0. The van der Waals surface area contributed by atoms with E-state index >= 15 is 0 Å². The van der Waals surface area contributed by atoms with Gasteiger partial charge in [0, 0.05) is 5.56 Å². The third-order valence-corrected chi connectivity index (χ3v) is 2.93. The molecule has 0 unspecified atom stereocenters. The molecule has 0 amide bonds. The van der Waals surface area contributed by atoms with E-state index in [4.69, 9.17) is 21.1 Å². The topological polar surface area (TPSA) is 18.5 Å². The van der Waals surface area contributed by atoms with Crippen LogP contribution in [0.1, 0.15) is 0 Å². The third-order valence-electron chi connectivity index (χ3n) is 2.63. The molecular formula is C14H12ClFO2. The van der Waals surface area contributed by atoms with Gasteiger partial charge in [-0.15, -0.1) is 0 Å². The molecule has 0 aliphatic rings. The van der Waals surface area contributed by atoms with Gasteiger partial charge in [-0.25, -0.2) is 4.39 Å². The first-order chi connectivity index (χ1) is 8.67. The Kier molecular flexibility index (Phi) is 3.72. The van der Waals surface area contributed by atoms with Crippen molar-refractivity contribution in [2.24, 2.45) is 0 Å². The molecule has 0 radical (unpaired) electrons. The van der Waals surface area contributed by atoms with E-state index in [1.54, 1.807) is 43.5 Å². The maximum Gasteiger partial charge on any atom is 0.174 e. The van der Waals surface area contributed by atoms with Crippen LogP contribution in [0.15, 0.2) is 36.4 Å². The van der Waals surface area contributed by atoms with Crippen molar-refractivity contribution in [2.75, 3.05) is 14.2 Å². The maximum absolute atomic E-state index is 14.2. The molecule has 0 atom stereocenters. The predicted molar refractivity (Wildman–Crippen MR) is 70.0 cm³/mol. The van der Waals surface area contributed by atoms with Crippen LogP contribution in [0.3, 0.4) is 0 Å². The Bertz CT molecular complexity index is 570. The Morgan fingerprint density at radius 2 is 1.83 bits per heavy atom. The number of methoxy groups -OCH3 is 2. The van der Waals surface area contributed by atoms with E-state index in [0.29, 0.717) is 16.9 Å². The Morgan fingerprint density at radius 3 is 2.50 bits per heavy atom. The fraction of sp³-hybridized carbons (Fsp3) is 0.143. The van der Waals surface area contributed by atoms with Gasteiger partial charge in [-0.05, 0) is 29.8 Å². The van der Waals surface area contributed by atoms with Gasteiger partial charge in [0.1, 0.15) is 5.75 Å². The maximum atomic E-state index is 14.2. The molecule has 0 aliphatic heterocycles. The highest BCUT2D eigenvalue weighted by atomic mass is 35.5. The highest BCUT2D eigenvalue weighted by Crippen LogP contribution is 2.35. The van der Waals surface area contributed by atoms with E-state index in [1.807, 2.05) is 0 Å². The van der Waals surface area contributed by atoms with Crippen LogP contribution in [0.25, 0.3) is 11.1 Å². The monoisotopic (exact) mass is 266 g/mol.